The SMILES string of the molecule is COc1ccc(/C=N/N(C(=O)c2cccc(C)c2)c2nc3ccc(C)cc3s2)cc1. The van der Waals surface area contributed by atoms with E-state index in [-0.39, 0.29) is 5.91 Å². The van der Waals surface area contributed by atoms with Gasteiger partial charge in [-0.3, -0.25) is 4.79 Å². The van der Waals surface area contributed by atoms with Gasteiger partial charge in [0.2, 0.25) is 5.13 Å². The number of nitrogens with zero attached hydrogens (tertiary/aromatic N) is 3. The first kappa shape index (κ1) is 19.8. The van der Waals surface area contributed by atoms with Gasteiger partial charge >= 0.3 is 0 Å². The van der Waals surface area contributed by atoms with Crippen molar-refractivity contribution in [3.63, 3.8) is 0 Å². The molecule has 5 nitrogen and oxygen atoms in total. The Labute approximate surface area is 179 Å². The van der Waals surface area contributed by atoms with Crippen LogP contribution in [0.25, 0.3) is 10.2 Å². The second-order valence-electron chi connectivity index (χ2n) is 6.97. The first-order chi connectivity index (χ1) is 14.5. The topological polar surface area (TPSA) is 54.8 Å². The van der Waals surface area contributed by atoms with Crippen molar-refractivity contribution in [1.82, 2.24) is 4.98 Å². The summed E-state index contributed by atoms with van der Waals surface area (Å²) >= 11 is 1.45. The van der Waals surface area contributed by atoms with E-state index in [1.54, 1.807) is 19.4 Å². The van der Waals surface area contributed by atoms with Crippen LogP contribution in [0.2, 0.25) is 0 Å². The normalized spacial score (nSPS) is 11.2. The van der Waals surface area contributed by atoms with Crippen molar-refractivity contribution in [3.8, 4) is 5.75 Å². The van der Waals surface area contributed by atoms with E-state index in [1.165, 1.54) is 16.3 Å². The minimum atomic E-state index is -0.223. The number of amides is 1. The highest BCUT2D eigenvalue weighted by Gasteiger charge is 2.21. The highest BCUT2D eigenvalue weighted by molar-refractivity contribution is 7.22. The van der Waals surface area contributed by atoms with Crippen LogP contribution in [0.4, 0.5) is 5.13 Å². The molecule has 1 aromatic heterocycles. The Kier molecular flexibility index (Phi) is 5.59. The molecular weight excluding hydrogens is 394 g/mol. The van der Waals surface area contributed by atoms with Crippen LogP contribution in [0.3, 0.4) is 0 Å². The lowest BCUT2D eigenvalue weighted by molar-refractivity contribution is 0.0987. The Balaban J connectivity index is 1.74. The molecule has 0 atom stereocenters. The number of hydrazone groups is 1. The molecule has 0 N–H and O–H groups in total. The van der Waals surface area contributed by atoms with Crippen LogP contribution in [-0.4, -0.2) is 24.2 Å². The second kappa shape index (κ2) is 8.47. The van der Waals surface area contributed by atoms with Crippen molar-refractivity contribution in [2.75, 3.05) is 12.1 Å². The van der Waals surface area contributed by atoms with Crippen LogP contribution < -0.4 is 9.75 Å². The maximum Gasteiger partial charge on any atom is 0.280 e. The molecule has 0 radical (unpaired) electrons. The number of aryl methyl sites for hydroxylation is 2. The molecule has 4 aromatic rings. The smallest absolute Gasteiger partial charge is 0.280 e. The number of carbonyl (C=O) groups excluding carboxylic acids is 1. The predicted octanol–water partition coefficient (Wildman–Crippen LogP) is 5.60. The lowest BCUT2D eigenvalue weighted by Gasteiger charge is -2.14. The Morgan fingerprint density at radius 2 is 1.80 bits per heavy atom. The monoisotopic (exact) mass is 415 g/mol. The molecule has 0 bridgehead atoms. The number of hydrogen-bond acceptors (Lipinski definition) is 5. The van der Waals surface area contributed by atoms with E-state index in [2.05, 4.69) is 16.2 Å². The standard InChI is InChI=1S/C24H21N3O2S/c1-16-5-4-6-19(13-16)23(28)27(25-15-18-8-10-20(29-3)11-9-18)24-26-21-12-7-17(2)14-22(21)30-24/h4-15H,1-3H3/b25-15+. The molecule has 0 unspecified atom stereocenters. The van der Waals surface area contributed by atoms with E-state index in [9.17, 15) is 4.79 Å². The third kappa shape index (κ3) is 4.23. The summed E-state index contributed by atoms with van der Waals surface area (Å²) < 4.78 is 6.22. The lowest BCUT2D eigenvalue weighted by atomic mass is 10.1. The Morgan fingerprint density at radius 1 is 1.03 bits per heavy atom. The lowest BCUT2D eigenvalue weighted by Crippen LogP contribution is -2.25. The first-order valence-corrected chi connectivity index (χ1v) is 10.3. The maximum absolute atomic E-state index is 13.3. The van der Waals surface area contributed by atoms with Gasteiger partial charge in [0.05, 0.1) is 23.5 Å². The number of carbonyl (C=O) groups is 1. The van der Waals surface area contributed by atoms with Crippen molar-refractivity contribution < 1.29 is 9.53 Å². The molecule has 6 heteroatoms. The van der Waals surface area contributed by atoms with E-state index in [4.69, 9.17) is 4.74 Å². The fourth-order valence-electron chi connectivity index (χ4n) is 3.01. The predicted molar refractivity (Wildman–Crippen MR) is 123 cm³/mol. The van der Waals surface area contributed by atoms with E-state index in [0.29, 0.717) is 10.7 Å². The van der Waals surface area contributed by atoms with Gasteiger partial charge in [0.15, 0.2) is 0 Å². The average Bonchev–Trinajstić information content (AvgIpc) is 3.17. The number of anilines is 1. The number of methoxy groups -OCH3 is 1. The minimum absolute atomic E-state index is 0.223. The first-order valence-electron chi connectivity index (χ1n) is 9.50. The summed E-state index contributed by atoms with van der Waals surface area (Å²) in [4.78, 5) is 18.0. The van der Waals surface area contributed by atoms with Gasteiger partial charge in [0.25, 0.3) is 5.91 Å². The van der Waals surface area contributed by atoms with Crippen molar-refractivity contribution in [3.05, 3.63) is 89.0 Å². The van der Waals surface area contributed by atoms with E-state index in [0.717, 1.165) is 32.7 Å². The van der Waals surface area contributed by atoms with E-state index < -0.39 is 0 Å². The molecule has 1 heterocycles. The van der Waals surface area contributed by atoms with Gasteiger partial charge in [-0.15, -0.1) is 0 Å². The fraction of sp³-hybridized carbons (Fsp3) is 0.125. The van der Waals surface area contributed by atoms with Gasteiger partial charge in [-0.05, 0) is 73.5 Å². The summed E-state index contributed by atoms with van der Waals surface area (Å²) in [6.45, 7) is 4.00. The number of benzene rings is 3. The molecule has 0 saturated carbocycles. The molecule has 150 valence electrons. The number of aromatic nitrogens is 1. The highest BCUT2D eigenvalue weighted by atomic mass is 32.1. The van der Waals surface area contributed by atoms with Crippen molar-refractivity contribution in [1.29, 1.82) is 0 Å². The number of hydrogen-bond donors (Lipinski definition) is 0. The molecule has 4 rings (SSSR count). The number of thiazole rings is 1. The Morgan fingerprint density at radius 3 is 2.53 bits per heavy atom. The number of rotatable bonds is 5. The van der Waals surface area contributed by atoms with Gasteiger partial charge in [0, 0.05) is 5.56 Å². The van der Waals surface area contributed by atoms with Crippen LogP contribution in [0, 0.1) is 13.8 Å². The van der Waals surface area contributed by atoms with Crippen molar-refractivity contribution >= 4 is 38.8 Å². The number of ether oxygens (including phenoxy) is 1. The van der Waals surface area contributed by atoms with Gasteiger partial charge in [-0.25, -0.2) is 4.98 Å². The molecule has 1 amide bonds. The summed E-state index contributed by atoms with van der Waals surface area (Å²) in [5.41, 5.74) is 4.44. The number of fused-ring (bicyclic) bond motifs is 1. The van der Waals surface area contributed by atoms with E-state index >= 15 is 0 Å². The zero-order chi connectivity index (χ0) is 21.1. The third-order valence-corrected chi connectivity index (χ3v) is 5.60. The molecule has 30 heavy (non-hydrogen) atoms. The van der Waals surface area contributed by atoms with Crippen molar-refractivity contribution in [2.45, 2.75) is 13.8 Å². The molecule has 0 aliphatic rings. The molecule has 0 aliphatic heterocycles. The Hall–Kier alpha value is -3.51. The summed E-state index contributed by atoms with van der Waals surface area (Å²) in [6.07, 6.45) is 1.66. The van der Waals surface area contributed by atoms with Crippen molar-refractivity contribution in [2.24, 2.45) is 5.10 Å². The van der Waals surface area contributed by atoms with Crippen LogP contribution in [0.15, 0.2) is 71.8 Å². The second-order valence-corrected chi connectivity index (χ2v) is 7.98. The average molecular weight is 416 g/mol. The third-order valence-electron chi connectivity index (χ3n) is 4.61. The summed E-state index contributed by atoms with van der Waals surface area (Å²) in [5, 5.41) is 6.42. The minimum Gasteiger partial charge on any atom is -0.497 e. The zero-order valence-corrected chi connectivity index (χ0v) is 17.8. The maximum atomic E-state index is 13.3. The van der Waals surface area contributed by atoms with Gasteiger partial charge in [-0.1, -0.05) is 35.1 Å². The molecule has 0 spiro atoms. The van der Waals surface area contributed by atoms with Gasteiger partial charge in [-0.2, -0.15) is 10.1 Å². The Bertz CT molecular complexity index is 1230. The fourth-order valence-corrected chi connectivity index (χ4v) is 4.03. The van der Waals surface area contributed by atoms with Crippen LogP contribution in [0.5, 0.6) is 5.75 Å². The summed E-state index contributed by atoms with van der Waals surface area (Å²) in [6, 6.07) is 21.0. The highest BCUT2D eigenvalue weighted by Crippen LogP contribution is 2.30. The van der Waals surface area contributed by atoms with Crippen LogP contribution >= 0.6 is 11.3 Å². The van der Waals surface area contributed by atoms with Crippen LogP contribution in [0.1, 0.15) is 27.0 Å². The van der Waals surface area contributed by atoms with Gasteiger partial charge in [0.1, 0.15) is 5.75 Å². The molecular formula is C24H21N3O2S. The van der Waals surface area contributed by atoms with Crippen LogP contribution in [-0.2, 0) is 0 Å². The zero-order valence-electron chi connectivity index (χ0n) is 17.0. The molecule has 0 aliphatic carbocycles. The van der Waals surface area contributed by atoms with E-state index in [1.807, 2.05) is 68.4 Å². The summed E-state index contributed by atoms with van der Waals surface area (Å²) in [5.74, 6) is 0.542. The molecule has 3 aromatic carbocycles. The molecule has 0 saturated heterocycles. The summed E-state index contributed by atoms with van der Waals surface area (Å²) in [7, 11) is 1.63. The van der Waals surface area contributed by atoms with Gasteiger partial charge < -0.3 is 4.74 Å². The molecule has 0 fully saturated rings. The largest absolute Gasteiger partial charge is 0.497 e. The quantitative estimate of drug-likeness (QED) is 0.315.